The van der Waals surface area contributed by atoms with Crippen molar-refractivity contribution >= 4 is 51.6 Å². The van der Waals surface area contributed by atoms with Crippen LogP contribution in [0.2, 0.25) is 10.0 Å². The first-order valence-electron chi connectivity index (χ1n) is 15.9. The van der Waals surface area contributed by atoms with E-state index in [0.29, 0.717) is 10.6 Å². The van der Waals surface area contributed by atoms with E-state index in [9.17, 15) is 9.90 Å². The molecule has 0 fully saturated rings. The molecule has 0 spiro atoms. The highest BCUT2D eigenvalue weighted by Crippen LogP contribution is 2.53. The molecule has 0 unspecified atom stereocenters. The Morgan fingerprint density at radius 3 is 2.38 bits per heavy atom. The molecule has 0 saturated carbocycles. The summed E-state index contributed by atoms with van der Waals surface area (Å²) in [5.41, 5.74) is 9.80. The van der Waals surface area contributed by atoms with Gasteiger partial charge in [0.15, 0.2) is 5.54 Å². The Morgan fingerprint density at radius 2 is 1.62 bits per heavy atom. The van der Waals surface area contributed by atoms with Gasteiger partial charge in [-0.3, -0.25) is 0 Å². The predicted molar refractivity (Wildman–Crippen MR) is 180 cm³/mol. The van der Waals surface area contributed by atoms with Gasteiger partial charge in [0.2, 0.25) is 5.36 Å². The lowest BCUT2D eigenvalue weighted by Gasteiger charge is -2.47. The Kier molecular flexibility index (Phi) is 6.10. The van der Waals surface area contributed by atoms with Crippen LogP contribution in [0.25, 0.3) is 16.7 Å². The summed E-state index contributed by atoms with van der Waals surface area (Å²) in [4.78, 5) is 15.3. The second-order valence-corrected chi connectivity index (χ2v) is 15.1. The zero-order valence-corrected chi connectivity index (χ0v) is 28.1. The minimum absolute atomic E-state index is 0.0965. The summed E-state index contributed by atoms with van der Waals surface area (Å²) in [6.45, 7) is 15.3. The molecule has 5 heterocycles. The number of carbonyl (C=O) groups is 1. The third-order valence-electron chi connectivity index (χ3n) is 10.5. The van der Waals surface area contributed by atoms with Gasteiger partial charge in [-0.05, 0) is 88.4 Å². The number of halogens is 2. The summed E-state index contributed by atoms with van der Waals surface area (Å²) in [7, 11) is 0. The first kappa shape index (κ1) is 28.9. The highest BCUT2D eigenvalue weighted by Gasteiger charge is 2.42. The molecule has 0 saturated heterocycles. The molecule has 0 N–H and O–H groups in total. The van der Waals surface area contributed by atoms with Crippen molar-refractivity contribution in [3.8, 4) is 11.5 Å². The fraction of sp³-hybridized carbons (Fsp3) is 0.368. The lowest BCUT2D eigenvalue weighted by atomic mass is 9.78. The number of carbonyl (C=O) groups excluding carboxylic acids is 1. The zero-order chi connectivity index (χ0) is 31.7. The van der Waals surface area contributed by atoms with Gasteiger partial charge in [-0.15, -0.1) is 0 Å². The highest BCUT2D eigenvalue weighted by molar-refractivity contribution is 6.37. The SMILES string of the molecule is CC1=CC(C)(C)N2CCCc3c4c(cc1c32)C(c1c(Cl)ccc(Cl)c1C(=O)[O-])=c1cc2c3c(c1O4)CCC[N+]=3C(C)(C)C=C2C. The van der Waals surface area contributed by atoms with Gasteiger partial charge in [-0.2, -0.15) is 0 Å². The van der Waals surface area contributed by atoms with Crippen molar-refractivity contribution in [2.24, 2.45) is 0 Å². The minimum Gasteiger partial charge on any atom is -0.545 e. The molecule has 5 nitrogen and oxygen atoms in total. The number of hydrogen-bond donors (Lipinski definition) is 0. The van der Waals surface area contributed by atoms with E-state index < -0.39 is 5.97 Å². The van der Waals surface area contributed by atoms with Crippen LogP contribution in [0.3, 0.4) is 0 Å². The summed E-state index contributed by atoms with van der Waals surface area (Å²) in [6, 6.07) is 7.59. The number of rotatable bonds is 2. The van der Waals surface area contributed by atoms with E-state index in [1.807, 2.05) is 0 Å². The molecule has 0 aromatic heterocycles. The maximum Gasteiger partial charge on any atom is 0.215 e. The zero-order valence-electron chi connectivity index (χ0n) is 26.6. The molecule has 0 bridgehead atoms. The van der Waals surface area contributed by atoms with Gasteiger partial charge < -0.3 is 19.5 Å². The molecule has 8 rings (SSSR count). The van der Waals surface area contributed by atoms with Crippen LogP contribution in [0, 0.1) is 0 Å². The number of carboxylic acid groups (broad SMARTS) is 1. The van der Waals surface area contributed by atoms with E-state index in [1.165, 1.54) is 39.4 Å². The van der Waals surface area contributed by atoms with Crippen molar-refractivity contribution in [3.05, 3.63) is 96.0 Å². The van der Waals surface area contributed by atoms with E-state index in [4.69, 9.17) is 27.9 Å². The quantitative estimate of drug-likeness (QED) is 0.242. The molecule has 5 aliphatic heterocycles. The number of ether oxygens (including phenoxy) is 1. The number of carboxylic acids is 1. The van der Waals surface area contributed by atoms with Gasteiger partial charge in [0.25, 0.3) is 0 Å². The van der Waals surface area contributed by atoms with Crippen LogP contribution >= 0.6 is 23.2 Å². The van der Waals surface area contributed by atoms with E-state index in [1.54, 1.807) is 6.07 Å². The lowest BCUT2D eigenvalue weighted by Crippen LogP contribution is -2.53. The number of benzene rings is 3. The monoisotopic (exact) mass is 638 g/mol. The number of hydrogen-bond acceptors (Lipinski definition) is 4. The molecule has 3 aromatic carbocycles. The van der Waals surface area contributed by atoms with Gasteiger partial charge in [-0.1, -0.05) is 29.3 Å². The van der Waals surface area contributed by atoms with Gasteiger partial charge in [-0.25, -0.2) is 4.58 Å². The van der Waals surface area contributed by atoms with Gasteiger partial charge >= 0.3 is 0 Å². The molecule has 230 valence electrons. The maximum atomic E-state index is 12.8. The molecule has 0 amide bonds. The van der Waals surface area contributed by atoms with E-state index >= 15 is 0 Å². The summed E-state index contributed by atoms with van der Waals surface area (Å²) >= 11 is 13.6. The fourth-order valence-corrected chi connectivity index (χ4v) is 9.28. The second kappa shape index (κ2) is 9.49. The average molecular weight is 640 g/mol. The molecule has 45 heavy (non-hydrogen) atoms. The summed E-state index contributed by atoms with van der Waals surface area (Å²) in [5, 5.41) is 15.3. The van der Waals surface area contributed by atoms with Crippen molar-refractivity contribution in [1.29, 1.82) is 0 Å². The second-order valence-electron chi connectivity index (χ2n) is 14.3. The van der Waals surface area contributed by atoms with Crippen LogP contribution in [-0.2, 0) is 12.8 Å². The van der Waals surface area contributed by atoms with E-state index in [2.05, 4.69) is 75.3 Å². The number of allylic oxidation sites excluding steroid dienone is 2. The van der Waals surface area contributed by atoms with Gasteiger partial charge in [0.1, 0.15) is 18.0 Å². The van der Waals surface area contributed by atoms with Gasteiger partial charge in [0, 0.05) is 76.0 Å². The van der Waals surface area contributed by atoms with Crippen LogP contribution < -0.4 is 29.9 Å². The van der Waals surface area contributed by atoms with Crippen LogP contribution in [0.15, 0.2) is 36.4 Å². The Hall–Kier alpha value is -3.54. The van der Waals surface area contributed by atoms with Crippen LogP contribution in [0.5, 0.6) is 11.5 Å². The van der Waals surface area contributed by atoms with E-state index in [0.717, 1.165) is 77.8 Å². The molecular weight excluding hydrogens is 603 g/mol. The summed E-state index contributed by atoms with van der Waals surface area (Å²) in [6.07, 6.45) is 8.39. The minimum atomic E-state index is -1.36. The van der Waals surface area contributed by atoms with Crippen molar-refractivity contribution in [2.45, 2.75) is 78.3 Å². The third kappa shape index (κ3) is 3.93. The summed E-state index contributed by atoms with van der Waals surface area (Å²) in [5.74, 6) is 0.232. The van der Waals surface area contributed by atoms with Crippen LogP contribution in [0.4, 0.5) is 5.69 Å². The number of nitrogens with zero attached hydrogens (tertiary/aromatic N) is 2. The lowest BCUT2D eigenvalue weighted by molar-refractivity contribution is -0.255. The Balaban J connectivity index is 1.60. The predicted octanol–water partition coefficient (Wildman–Crippen LogP) is 6.29. The third-order valence-corrected chi connectivity index (χ3v) is 11.2. The topological polar surface area (TPSA) is 55.6 Å². The van der Waals surface area contributed by atoms with Crippen LogP contribution in [-0.4, -0.2) is 30.1 Å². The smallest absolute Gasteiger partial charge is 0.215 e. The first-order chi connectivity index (χ1) is 21.3. The summed E-state index contributed by atoms with van der Waals surface area (Å²) < 4.78 is 9.70. The first-order valence-corrected chi connectivity index (χ1v) is 16.7. The van der Waals surface area contributed by atoms with Crippen molar-refractivity contribution in [3.63, 3.8) is 0 Å². The van der Waals surface area contributed by atoms with Crippen LogP contribution in [0.1, 0.15) is 98.1 Å². The maximum absolute atomic E-state index is 12.8. The molecule has 3 aromatic rings. The van der Waals surface area contributed by atoms with E-state index in [-0.39, 0.29) is 21.7 Å². The normalized spacial score (nSPS) is 19.9. The Bertz CT molecular complexity index is 2120. The molecule has 0 radical (unpaired) electrons. The molecule has 7 heteroatoms. The van der Waals surface area contributed by atoms with Crippen molar-refractivity contribution in [2.75, 3.05) is 18.0 Å². The standard InChI is InChI=1S/C38H36Cl2N2O3/c1-19-17-37(3,4)41-13-7-9-21-32(41)23(19)15-25-29(30-27(39)11-12-28(40)31(30)36(43)44)26-16-24-20(2)18-38(5,6)42-14-8-10-22(33(24)42)35(26)45-34(21)25/h11-12,15-18H,7-10,13-14H2,1-6H3. The Morgan fingerprint density at radius 1 is 0.911 bits per heavy atom. The largest absolute Gasteiger partial charge is 0.545 e. The molecule has 5 aliphatic rings. The fourth-order valence-electron chi connectivity index (χ4n) is 8.80. The number of fused-ring (bicyclic) bond motifs is 4. The highest BCUT2D eigenvalue weighted by atomic mass is 35.5. The molecular formula is C38H36Cl2N2O3. The average Bonchev–Trinajstić information content (AvgIpc) is 2.98. The number of aromatic carboxylic acids is 1. The molecule has 0 aliphatic carbocycles. The Labute approximate surface area is 273 Å². The molecule has 0 atom stereocenters. The number of anilines is 1. The van der Waals surface area contributed by atoms with Crippen molar-refractivity contribution < 1.29 is 14.6 Å². The van der Waals surface area contributed by atoms with Crippen molar-refractivity contribution in [1.82, 2.24) is 4.58 Å². The van der Waals surface area contributed by atoms with Gasteiger partial charge in [0.05, 0.1) is 27.8 Å².